The van der Waals surface area contributed by atoms with Crippen molar-refractivity contribution in [3.05, 3.63) is 46.6 Å². The van der Waals surface area contributed by atoms with Crippen LogP contribution in [0.15, 0.2) is 24.4 Å². The average Bonchev–Trinajstić information content (AvgIpc) is 2.50. The van der Waals surface area contributed by atoms with Gasteiger partial charge in [-0.3, -0.25) is 4.98 Å². The van der Waals surface area contributed by atoms with Gasteiger partial charge in [0.15, 0.2) is 0 Å². The summed E-state index contributed by atoms with van der Waals surface area (Å²) >= 11 is 6.27. The fourth-order valence-electron chi connectivity index (χ4n) is 2.19. The highest BCUT2D eigenvalue weighted by Crippen LogP contribution is 2.24. The topological polar surface area (TPSA) is 41.9 Å². The monoisotopic (exact) mass is 304 g/mol. The molecule has 0 bridgehead atoms. The van der Waals surface area contributed by atoms with E-state index >= 15 is 0 Å². The SMILES string of the molecule is CCCc1nc(Cl)c(C)c(N(CC)Cc2ccccn2)n1. The Balaban J connectivity index is 2.32. The molecule has 0 aliphatic carbocycles. The Morgan fingerprint density at radius 1 is 1.19 bits per heavy atom. The second kappa shape index (κ2) is 7.36. The molecule has 0 aromatic carbocycles. The fourth-order valence-corrected chi connectivity index (χ4v) is 2.37. The lowest BCUT2D eigenvalue weighted by Gasteiger charge is -2.24. The summed E-state index contributed by atoms with van der Waals surface area (Å²) in [5.41, 5.74) is 1.94. The van der Waals surface area contributed by atoms with Gasteiger partial charge in [-0.1, -0.05) is 24.6 Å². The van der Waals surface area contributed by atoms with Gasteiger partial charge in [0.2, 0.25) is 0 Å². The quantitative estimate of drug-likeness (QED) is 0.761. The summed E-state index contributed by atoms with van der Waals surface area (Å²) in [5.74, 6) is 1.72. The third-order valence-corrected chi connectivity index (χ3v) is 3.71. The Morgan fingerprint density at radius 2 is 2.00 bits per heavy atom. The van der Waals surface area contributed by atoms with Crippen molar-refractivity contribution in [3.8, 4) is 0 Å². The maximum atomic E-state index is 6.27. The lowest BCUT2D eigenvalue weighted by molar-refractivity contribution is 0.763. The van der Waals surface area contributed by atoms with Gasteiger partial charge in [0.1, 0.15) is 16.8 Å². The second-order valence-electron chi connectivity index (χ2n) is 4.96. The van der Waals surface area contributed by atoms with E-state index in [-0.39, 0.29) is 0 Å². The zero-order chi connectivity index (χ0) is 15.2. The third kappa shape index (κ3) is 3.91. The summed E-state index contributed by atoms with van der Waals surface area (Å²) in [4.78, 5) is 15.6. The molecule has 4 nitrogen and oxygen atoms in total. The lowest BCUT2D eigenvalue weighted by Crippen LogP contribution is -2.25. The highest BCUT2D eigenvalue weighted by Gasteiger charge is 2.15. The van der Waals surface area contributed by atoms with Crippen molar-refractivity contribution < 1.29 is 0 Å². The van der Waals surface area contributed by atoms with E-state index in [0.29, 0.717) is 5.15 Å². The van der Waals surface area contributed by atoms with Crippen LogP contribution in [0.3, 0.4) is 0 Å². The van der Waals surface area contributed by atoms with Gasteiger partial charge in [-0.25, -0.2) is 9.97 Å². The molecular weight excluding hydrogens is 284 g/mol. The Bertz CT molecular complexity index is 586. The molecule has 0 aliphatic heterocycles. The molecule has 0 N–H and O–H groups in total. The van der Waals surface area contributed by atoms with Crippen molar-refractivity contribution in [1.29, 1.82) is 0 Å². The van der Waals surface area contributed by atoms with E-state index in [0.717, 1.165) is 48.8 Å². The number of rotatable bonds is 6. The van der Waals surface area contributed by atoms with Crippen LogP contribution in [-0.4, -0.2) is 21.5 Å². The standard InChI is InChI=1S/C16H21ClN4/c1-4-8-14-19-15(17)12(3)16(20-14)21(5-2)11-13-9-6-7-10-18-13/h6-7,9-10H,4-5,8,11H2,1-3H3. The van der Waals surface area contributed by atoms with Crippen molar-refractivity contribution in [2.45, 2.75) is 40.2 Å². The number of aromatic nitrogens is 3. The number of nitrogens with zero attached hydrogens (tertiary/aromatic N) is 4. The number of hydrogen-bond acceptors (Lipinski definition) is 4. The minimum atomic E-state index is 0.544. The van der Waals surface area contributed by atoms with Crippen molar-refractivity contribution in [2.24, 2.45) is 0 Å². The highest BCUT2D eigenvalue weighted by atomic mass is 35.5. The van der Waals surface area contributed by atoms with Crippen molar-refractivity contribution >= 4 is 17.4 Å². The molecule has 0 unspecified atom stereocenters. The molecule has 2 heterocycles. The third-order valence-electron chi connectivity index (χ3n) is 3.34. The summed E-state index contributed by atoms with van der Waals surface area (Å²) in [6, 6.07) is 5.94. The predicted molar refractivity (Wildman–Crippen MR) is 86.7 cm³/mol. The van der Waals surface area contributed by atoms with Crippen molar-refractivity contribution in [2.75, 3.05) is 11.4 Å². The summed E-state index contributed by atoms with van der Waals surface area (Å²) in [7, 11) is 0. The van der Waals surface area contributed by atoms with Gasteiger partial charge in [-0.2, -0.15) is 0 Å². The highest BCUT2D eigenvalue weighted by molar-refractivity contribution is 6.30. The van der Waals surface area contributed by atoms with Crippen LogP contribution in [0.2, 0.25) is 5.15 Å². The number of pyridine rings is 1. The molecule has 0 fully saturated rings. The largest absolute Gasteiger partial charge is 0.351 e. The van der Waals surface area contributed by atoms with Crippen LogP contribution in [0, 0.1) is 6.92 Å². The molecule has 0 spiro atoms. The van der Waals surface area contributed by atoms with Gasteiger partial charge < -0.3 is 4.90 Å². The smallest absolute Gasteiger partial charge is 0.137 e. The van der Waals surface area contributed by atoms with Crippen molar-refractivity contribution in [3.63, 3.8) is 0 Å². The first kappa shape index (κ1) is 15.7. The van der Waals surface area contributed by atoms with E-state index < -0.39 is 0 Å². The molecule has 0 atom stereocenters. The maximum Gasteiger partial charge on any atom is 0.137 e. The number of anilines is 1. The molecule has 0 saturated carbocycles. The molecule has 21 heavy (non-hydrogen) atoms. The molecule has 0 saturated heterocycles. The molecule has 5 heteroatoms. The van der Waals surface area contributed by atoms with Gasteiger partial charge in [0.25, 0.3) is 0 Å². The van der Waals surface area contributed by atoms with Crippen LogP contribution in [0.4, 0.5) is 5.82 Å². The molecule has 2 aromatic rings. The number of hydrogen-bond donors (Lipinski definition) is 0. The normalized spacial score (nSPS) is 10.7. The lowest BCUT2D eigenvalue weighted by atomic mass is 10.2. The van der Waals surface area contributed by atoms with Crippen LogP contribution < -0.4 is 4.90 Å². The van der Waals surface area contributed by atoms with Crippen LogP contribution >= 0.6 is 11.6 Å². The van der Waals surface area contributed by atoms with E-state index in [9.17, 15) is 0 Å². The summed E-state index contributed by atoms with van der Waals surface area (Å²) in [6.45, 7) is 7.75. The zero-order valence-corrected chi connectivity index (χ0v) is 13.6. The first-order valence-electron chi connectivity index (χ1n) is 7.33. The van der Waals surface area contributed by atoms with Gasteiger partial charge in [0.05, 0.1) is 12.2 Å². The van der Waals surface area contributed by atoms with Crippen LogP contribution in [0.5, 0.6) is 0 Å². The second-order valence-corrected chi connectivity index (χ2v) is 5.32. The summed E-state index contributed by atoms with van der Waals surface area (Å²) in [6.07, 6.45) is 3.66. The Labute approximate surface area is 131 Å². The molecule has 112 valence electrons. The predicted octanol–water partition coefficient (Wildman–Crippen LogP) is 3.81. The van der Waals surface area contributed by atoms with Gasteiger partial charge in [-0.15, -0.1) is 0 Å². The van der Waals surface area contributed by atoms with Gasteiger partial charge in [0, 0.05) is 24.7 Å². The van der Waals surface area contributed by atoms with E-state index in [2.05, 4.69) is 28.7 Å². The number of aryl methyl sites for hydroxylation is 1. The maximum absolute atomic E-state index is 6.27. The minimum absolute atomic E-state index is 0.544. The fraction of sp³-hybridized carbons (Fsp3) is 0.438. The Morgan fingerprint density at radius 3 is 2.62 bits per heavy atom. The van der Waals surface area contributed by atoms with Crippen LogP contribution in [0.25, 0.3) is 0 Å². The molecule has 0 amide bonds. The molecule has 2 aromatic heterocycles. The average molecular weight is 305 g/mol. The van der Waals surface area contributed by atoms with Gasteiger partial charge in [-0.05, 0) is 32.4 Å². The summed E-state index contributed by atoms with van der Waals surface area (Å²) < 4.78 is 0. The molecule has 2 rings (SSSR count). The van der Waals surface area contributed by atoms with Crippen LogP contribution in [0.1, 0.15) is 37.4 Å². The molecule has 0 aliphatic rings. The van der Waals surface area contributed by atoms with E-state index in [1.54, 1.807) is 0 Å². The van der Waals surface area contributed by atoms with Crippen LogP contribution in [-0.2, 0) is 13.0 Å². The Hall–Kier alpha value is -1.68. The van der Waals surface area contributed by atoms with Crippen molar-refractivity contribution in [1.82, 2.24) is 15.0 Å². The summed E-state index contributed by atoms with van der Waals surface area (Å²) in [5, 5.41) is 0.544. The van der Waals surface area contributed by atoms with E-state index in [1.807, 2.05) is 31.3 Å². The first-order chi connectivity index (χ1) is 10.2. The van der Waals surface area contributed by atoms with Gasteiger partial charge >= 0.3 is 0 Å². The van der Waals surface area contributed by atoms with E-state index in [1.165, 1.54) is 0 Å². The first-order valence-corrected chi connectivity index (χ1v) is 7.71. The number of halogens is 1. The zero-order valence-electron chi connectivity index (χ0n) is 12.8. The van der Waals surface area contributed by atoms with E-state index in [4.69, 9.17) is 16.6 Å². The molecule has 0 radical (unpaired) electrons. The Kier molecular flexibility index (Phi) is 5.51. The minimum Gasteiger partial charge on any atom is -0.351 e. The molecular formula is C16H21ClN4.